The maximum Gasteiger partial charge on any atom is 0.236 e. The van der Waals surface area contributed by atoms with Crippen molar-refractivity contribution < 1.29 is 13.5 Å². The summed E-state index contributed by atoms with van der Waals surface area (Å²) in [7, 11) is -3.44. The van der Waals surface area contributed by atoms with Gasteiger partial charge >= 0.3 is 0 Å². The van der Waals surface area contributed by atoms with Gasteiger partial charge in [0.1, 0.15) is 0 Å². The van der Waals surface area contributed by atoms with Crippen LogP contribution in [0.2, 0.25) is 0 Å². The molecule has 1 fully saturated rings. The number of sulfonamides is 1. The van der Waals surface area contributed by atoms with Crippen LogP contribution in [-0.4, -0.2) is 37.0 Å². The van der Waals surface area contributed by atoms with Gasteiger partial charge in [-0.1, -0.05) is 28.1 Å². The third kappa shape index (κ3) is 4.14. The predicted octanol–water partition coefficient (Wildman–Crippen LogP) is 2.21. The minimum Gasteiger partial charge on any atom is -0.392 e. The molecule has 0 bridgehead atoms. The Morgan fingerprint density at radius 3 is 2.63 bits per heavy atom. The number of aliphatic hydroxyl groups is 1. The third-order valence-electron chi connectivity index (χ3n) is 3.02. The van der Waals surface area contributed by atoms with E-state index in [1.54, 1.807) is 6.08 Å². The monoisotopic (exact) mass is 345 g/mol. The van der Waals surface area contributed by atoms with Crippen LogP contribution in [0.1, 0.15) is 18.4 Å². The average molecular weight is 346 g/mol. The van der Waals surface area contributed by atoms with Gasteiger partial charge in [0.15, 0.2) is 0 Å². The van der Waals surface area contributed by atoms with Gasteiger partial charge in [-0.25, -0.2) is 8.42 Å². The highest BCUT2D eigenvalue weighted by molar-refractivity contribution is 9.10. The van der Waals surface area contributed by atoms with E-state index in [9.17, 15) is 13.5 Å². The molecule has 0 radical (unpaired) electrons. The standard InChI is InChI=1S/C13H16BrNO3S/c14-12-5-3-11(4-6-12)7-9-19(17,18)15-8-1-2-13(16)10-15/h3-7,9,13,16H,1-2,8,10H2/b9-7+. The first-order valence-corrected chi connectivity index (χ1v) is 8.39. The van der Waals surface area contributed by atoms with Crippen molar-refractivity contribution in [2.24, 2.45) is 0 Å². The normalized spacial score (nSPS) is 21.9. The number of benzene rings is 1. The van der Waals surface area contributed by atoms with E-state index in [4.69, 9.17) is 0 Å². The van der Waals surface area contributed by atoms with E-state index >= 15 is 0 Å². The van der Waals surface area contributed by atoms with E-state index in [0.29, 0.717) is 19.4 Å². The Bertz CT molecular complexity index is 554. The van der Waals surface area contributed by atoms with Crippen LogP contribution in [0.5, 0.6) is 0 Å². The summed E-state index contributed by atoms with van der Waals surface area (Å²) in [4.78, 5) is 0. The fourth-order valence-electron chi connectivity index (χ4n) is 1.98. The molecular weight excluding hydrogens is 330 g/mol. The molecular formula is C13H16BrNO3S. The van der Waals surface area contributed by atoms with Crippen LogP contribution in [0.15, 0.2) is 34.1 Å². The van der Waals surface area contributed by atoms with Gasteiger partial charge in [0, 0.05) is 23.0 Å². The molecule has 1 aromatic rings. The minimum absolute atomic E-state index is 0.188. The Morgan fingerprint density at radius 2 is 2.00 bits per heavy atom. The zero-order chi connectivity index (χ0) is 13.9. The van der Waals surface area contributed by atoms with Crippen molar-refractivity contribution in [3.63, 3.8) is 0 Å². The molecule has 1 N–H and O–H groups in total. The fourth-order valence-corrected chi connectivity index (χ4v) is 3.51. The molecule has 1 aliphatic heterocycles. The van der Waals surface area contributed by atoms with Crippen molar-refractivity contribution in [2.45, 2.75) is 18.9 Å². The highest BCUT2D eigenvalue weighted by Crippen LogP contribution is 2.17. The van der Waals surface area contributed by atoms with Crippen LogP contribution in [0.4, 0.5) is 0 Å². The van der Waals surface area contributed by atoms with E-state index < -0.39 is 16.1 Å². The molecule has 4 nitrogen and oxygen atoms in total. The first-order valence-electron chi connectivity index (χ1n) is 6.09. The first-order chi connectivity index (χ1) is 8.97. The maximum absolute atomic E-state index is 12.1. The largest absolute Gasteiger partial charge is 0.392 e. The average Bonchev–Trinajstić information content (AvgIpc) is 2.38. The zero-order valence-corrected chi connectivity index (χ0v) is 12.8. The molecule has 2 rings (SSSR count). The predicted molar refractivity (Wildman–Crippen MR) is 78.9 cm³/mol. The van der Waals surface area contributed by atoms with Gasteiger partial charge < -0.3 is 5.11 Å². The van der Waals surface area contributed by atoms with Crippen LogP contribution >= 0.6 is 15.9 Å². The highest BCUT2D eigenvalue weighted by Gasteiger charge is 2.25. The number of hydrogen-bond acceptors (Lipinski definition) is 3. The number of piperidine rings is 1. The second kappa shape index (κ2) is 6.17. The fraction of sp³-hybridized carbons (Fsp3) is 0.385. The summed E-state index contributed by atoms with van der Waals surface area (Å²) in [6.07, 6.45) is 2.39. The van der Waals surface area contributed by atoms with Gasteiger partial charge in [-0.3, -0.25) is 0 Å². The Labute approximate surface area is 121 Å². The number of β-amino-alcohol motifs (C(OH)–C–C–N with tert-alkyl or cyclic N) is 1. The SMILES string of the molecule is O=S(=O)(/C=C/c1ccc(Br)cc1)N1CCCC(O)C1. The summed E-state index contributed by atoms with van der Waals surface area (Å²) < 4.78 is 26.5. The van der Waals surface area contributed by atoms with Gasteiger partial charge in [-0.15, -0.1) is 0 Å². The second-order valence-electron chi connectivity index (χ2n) is 4.55. The van der Waals surface area contributed by atoms with Crippen LogP contribution in [0, 0.1) is 0 Å². The maximum atomic E-state index is 12.1. The molecule has 0 amide bonds. The third-order valence-corrected chi connectivity index (χ3v) is 5.08. The Kier molecular flexibility index (Phi) is 4.78. The Hall–Kier alpha value is -0.690. The van der Waals surface area contributed by atoms with E-state index in [2.05, 4.69) is 15.9 Å². The minimum atomic E-state index is -3.44. The van der Waals surface area contributed by atoms with Crippen molar-refractivity contribution in [1.29, 1.82) is 0 Å². The van der Waals surface area contributed by atoms with Crippen molar-refractivity contribution in [3.05, 3.63) is 39.7 Å². The smallest absolute Gasteiger partial charge is 0.236 e. The molecule has 0 aliphatic carbocycles. The van der Waals surface area contributed by atoms with Gasteiger partial charge in [-0.2, -0.15) is 4.31 Å². The molecule has 6 heteroatoms. The van der Waals surface area contributed by atoms with Gasteiger partial charge in [-0.05, 0) is 36.6 Å². The molecule has 19 heavy (non-hydrogen) atoms. The number of halogens is 1. The molecule has 0 spiro atoms. The van der Waals surface area contributed by atoms with Crippen molar-refractivity contribution >= 4 is 32.0 Å². The molecule has 1 heterocycles. The van der Waals surface area contributed by atoms with E-state index in [-0.39, 0.29) is 6.54 Å². The van der Waals surface area contributed by atoms with Gasteiger partial charge in [0.2, 0.25) is 10.0 Å². The summed E-state index contributed by atoms with van der Waals surface area (Å²) in [5, 5.41) is 10.7. The van der Waals surface area contributed by atoms with Crippen LogP contribution in [-0.2, 0) is 10.0 Å². The van der Waals surface area contributed by atoms with Crippen LogP contribution in [0.3, 0.4) is 0 Å². The highest BCUT2D eigenvalue weighted by atomic mass is 79.9. The van der Waals surface area contributed by atoms with E-state index in [1.165, 1.54) is 9.71 Å². The molecule has 1 aromatic carbocycles. The molecule has 1 aliphatic rings. The lowest BCUT2D eigenvalue weighted by Gasteiger charge is -2.27. The number of hydrogen-bond donors (Lipinski definition) is 1. The number of aliphatic hydroxyl groups excluding tert-OH is 1. The summed E-state index contributed by atoms with van der Waals surface area (Å²) in [5.41, 5.74) is 0.823. The first kappa shape index (κ1) is 14.7. The lowest BCUT2D eigenvalue weighted by atomic mass is 10.1. The molecule has 1 unspecified atom stereocenters. The molecule has 1 saturated heterocycles. The molecule has 0 saturated carbocycles. The zero-order valence-electron chi connectivity index (χ0n) is 10.4. The Morgan fingerprint density at radius 1 is 1.32 bits per heavy atom. The Balaban J connectivity index is 2.10. The van der Waals surface area contributed by atoms with Crippen molar-refractivity contribution in [1.82, 2.24) is 4.31 Å². The van der Waals surface area contributed by atoms with Crippen molar-refractivity contribution in [2.75, 3.05) is 13.1 Å². The van der Waals surface area contributed by atoms with Crippen LogP contribution in [0.25, 0.3) is 6.08 Å². The van der Waals surface area contributed by atoms with E-state index in [1.807, 2.05) is 24.3 Å². The lowest BCUT2D eigenvalue weighted by molar-refractivity contribution is 0.108. The molecule has 1 atom stereocenters. The van der Waals surface area contributed by atoms with E-state index in [0.717, 1.165) is 10.0 Å². The van der Waals surface area contributed by atoms with Crippen molar-refractivity contribution in [3.8, 4) is 0 Å². The van der Waals surface area contributed by atoms with Gasteiger partial charge in [0.05, 0.1) is 6.10 Å². The lowest BCUT2D eigenvalue weighted by Crippen LogP contribution is -2.41. The number of rotatable bonds is 3. The van der Waals surface area contributed by atoms with Gasteiger partial charge in [0.25, 0.3) is 0 Å². The summed E-state index contributed by atoms with van der Waals surface area (Å²) >= 11 is 3.33. The summed E-state index contributed by atoms with van der Waals surface area (Å²) in [6.45, 7) is 0.664. The summed E-state index contributed by atoms with van der Waals surface area (Å²) in [5.74, 6) is 0. The molecule has 0 aromatic heterocycles. The summed E-state index contributed by atoms with van der Waals surface area (Å²) in [6, 6.07) is 7.39. The second-order valence-corrected chi connectivity index (χ2v) is 7.29. The topological polar surface area (TPSA) is 57.6 Å². The number of nitrogens with zero attached hydrogens (tertiary/aromatic N) is 1. The van der Waals surface area contributed by atoms with Crippen LogP contribution < -0.4 is 0 Å². The molecule has 104 valence electrons. The quantitative estimate of drug-likeness (QED) is 0.913.